The van der Waals surface area contributed by atoms with Crippen molar-refractivity contribution in [2.45, 2.75) is 11.8 Å². The summed E-state index contributed by atoms with van der Waals surface area (Å²) in [6, 6.07) is 10.9. The minimum Gasteiger partial charge on any atom is -0.289 e. The van der Waals surface area contributed by atoms with E-state index in [1.807, 2.05) is 0 Å². The van der Waals surface area contributed by atoms with Gasteiger partial charge in [0.1, 0.15) is 0 Å². The van der Waals surface area contributed by atoms with Crippen molar-refractivity contribution in [1.29, 1.82) is 0 Å². The predicted molar refractivity (Wildman–Crippen MR) is 78.6 cm³/mol. The molecule has 0 fully saturated rings. The fourth-order valence-electron chi connectivity index (χ4n) is 1.85. The van der Waals surface area contributed by atoms with E-state index in [0.717, 1.165) is 4.47 Å². The first-order valence-corrected chi connectivity index (χ1v) is 7.91. The Morgan fingerprint density at radius 2 is 1.60 bits per heavy atom. The topological polar surface area (TPSA) is 71.4 Å². The molecule has 0 bridgehead atoms. The number of carbonyl (C=O) groups excluding carboxylic acids is 1. The highest BCUT2D eigenvalue weighted by atomic mass is 79.9. The SMILES string of the molecule is Cc1cc(C(=O)c2ccc(Br)cc2)ccc1S(=O)(=O)O. The van der Waals surface area contributed by atoms with Crippen molar-refractivity contribution in [2.75, 3.05) is 0 Å². The third-order valence-electron chi connectivity index (χ3n) is 2.82. The van der Waals surface area contributed by atoms with Gasteiger partial charge in [0, 0.05) is 15.6 Å². The Bertz CT molecular complexity index is 764. The van der Waals surface area contributed by atoms with Crippen LogP contribution in [-0.2, 0) is 10.1 Å². The first-order chi connectivity index (χ1) is 9.29. The van der Waals surface area contributed by atoms with Gasteiger partial charge in [-0.05, 0) is 55.0 Å². The third-order valence-corrected chi connectivity index (χ3v) is 4.36. The molecule has 2 aromatic carbocycles. The van der Waals surface area contributed by atoms with E-state index >= 15 is 0 Å². The Kier molecular flexibility index (Phi) is 4.08. The van der Waals surface area contributed by atoms with E-state index in [1.165, 1.54) is 25.1 Å². The van der Waals surface area contributed by atoms with Crippen LogP contribution in [0.15, 0.2) is 51.8 Å². The van der Waals surface area contributed by atoms with Gasteiger partial charge in [-0.25, -0.2) is 0 Å². The second-order valence-corrected chi connectivity index (χ2v) is 6.60. The summed E-state index contributed by atoms with van der Waals surface area (Å²) in [4.78, 5) is 12.1. The van der Waals surface area contributed by atoms with Gasteiger partial charge in [0.05, 0.1) is 4.90 Å². The Labute approximate surface area is 125 Å². The normalized spacial score (nSPS) is 11.3. The van der Waals surface area contributed by atoms with E-state index in [2.05, 4.69) is 15.9 Å². The number of hydrogen-bond acceptors (Lipinski definition) is 3. The van der Waals surface area contributed by atoms with Crippen LogP contribution in [0.4, 0.5) is 0 Å². The summed E-state index contributed by atoms with van der Waals surface area (Å²) >= 11 is 3.29. The van der Waals surface area contributed by atoms with Gasteiger partial charge in [0.25, 0.3) is 10.1 Å². The summed E-state index contributed by atoms with van der Waals surface area (Å²) in [6.45, 7) is 1.53. The third kappa shape index (κ3) is 3.15. The Morgan fingerprint density at radius 1 is 1.05 bits per heavy atom. The summed E-state index contributed by atoms with van der Waals surface area (Å²) in [5.41, 5.74) is 1.21. The van der Waals surface area contributed by atoms with Gasteiger partial charge >= 0.3 is 0 Å². The first-order valence-electron chi connectivity index (χ1n) is 5.67. The lowest BCUT2D eigenvalue weighted by atomic mass is 10.0. The lowest BCUT2D eigenvalue weighted by molar-refractivity contribution is 0.103. The summed E-state index contributed by atoms with van der Waals surface area (Å²) in [5.74, 6) is -0.206. The summed E-state index contributed by atoms with van der Waals surface area (Å²) in [5, 5.41) is 0. The summed E-state index contributed by atoms with van der Waals surface area (Å²) < 4.78 is 32.1. The van der Waals surface area contributed by atoms with Crippen LogP contribution in [0.1, 0.15) is 21.5 Å². The molecule has 2 aromatic rings. The monoisotopic (exact) mass is 354 g/mol. The molecule has 4 nitrogen and oxygen atoms in total. The molecule has 0 radical (unpaired) electrons. The van der Waals surface area contributed by atoms with Crippen LogP contribution in [0.25, 0.3) is 0 Å². The predicted octanol–water partition coefficient (Wildman–Crippen LogP) is 3.24. The van der Waals surface area contributed by atoms with Crippen LogP contribution in [0.3, 0.4) is 0 Å². The standard InChI is InChI=1S/C14H11BrO4S/c1-9-8-11(4-7-13(9)20(17,18)19)14(16)10-2-5-12(15)6-3-10/h2-8H,1H3,(H,17,18,19). The Morgan fingerprint density at radius 3 is 2.10 bits per heavy atom. The average Bonchev–Trinajstić information content (AvgIpc) is 2.37. The zero-order valence-electron chi connectivity index (χ0n) is 10.5. The molecular formula is C14H11BrO4S. The van der Waals surface area contributed by atoms with E-state index in [4.69, 9.17) is 4.55 Å². The molecule has 104 valence electrons. The van der Waals surface area contributed by atoms with E-state index in [9.17, 15) is 13.2 Å². The van der Waals surface area contributed by atoms with Gasteiger partial charge in [-0.1, -0.05) is 15.9 Å². The number of halogens is 1. The van der Waals surface area contributed by atoms with Crippen molar-refractivity contribution in [3.8, 4) is 0 Å². The van der Waals surface area contributed by atoms with Gasteiger partial charge in [-0.3, -0.25) is 9.35 Å². The maximum Gasteiger partial charge on any atom is 0.294 e. The van der Waals surface area contributed by atoms with E-state index in [1.54, 1.807) is 24.3 Å². The lowest BCUT2D eigenvalue weighted by Gasteiger charge is -2.06. The van der Waals surface area contributed by atoms with Crippen LogP contribution in [0, 0.1) is 6.92 Å². The second kappa shape index (κ2) is 5.47. The molecule has 0 atom stereocenters. The van der Waals surface area contributed by atoms with E-state index in [0.29, 0.717) is 16.7 Å². The largest absolute Gasteiger partial charge is 0.294 e. The van der Waals surface area contributed by atoms with Crippen molar-refractivity contribution >= 4 is 31.8 Å². The van der Waals surface area contributed by atoms with Crippen LogP contribution >= 0.6 is 15.9 Å². The van der Waals surface area contributed by atoms with Gasteiger partial charge in [-0.2, -0.15) is 8.42 Å². The lowest BCUT2D eigenvalue weighted by Crippen LogP contribution is -2.05. The molecule has 1 N–H and O–H groups in total. The highest BCUT2D eigenvalue weighted by Gasteiger charge is 2.16. The molecule has 0 spiro atoms. The van der Waals surface area contributed by atoms with Crippen molar-refractivity contribution < 1.29 is 17.8 Å². The van der Waals surface area contributed by atoms with Crippen LogP contribution in [-0.4, -0.2) is 18.8 Å². The molecule has 0 heterocycles. The van der Waals surface area contributed by atoms with Gasteiger partial charge < -0.3 is 0 Å². The molecule has 0 amide bonds. The minimum absolute atomic E-state index is 0.190. The highest BCUT2D eigenvalue weighted by molar-refractivity contribution is 9.10. The average molecular weight is 355 g/mol. The molecule has 2 rings (SSSR count). The van der Waals surface area contributed by atoms with Crippen LogP contribution in [0.5, 0.6) is 0 Å². The quantitative estimate of drug-likeness (QED) is 0.678. The molecule has 0 aliphatic heterocycles. The van der Waals surface area contributed by atoms with Crippen LogP contribution < -0.4 is 0 Å². The summed E-state index contributed by atoms with van der Waals surface area (Å²) in [6.07, 6.45) is 0. The first kappa shape index (κ1) is 14.9. The van der Waals surface area contributed by atoms with Gasteiger partial charge in [0.2, 0.25) is 0 Å². The van der Waals surface area contributed by atoms with Crippen LogP contribution in [0.2, 0.25) is 0 Å². The molecule has 6 heteroatoms. The molecular weight excluding hydrogens is 344 g/mol. The Hall–Kier alpha value is -1.50. The fraction of sp³-hybridized carbons (Fsp3) is 0.0714. The van der Waals surface area contributed by atoms with Crippen molar-refractivity contribution in [3.63, 3.8) is 0 Å². The van der Waals surface area contributed by atoms with Crippen molar-refractivity contribution in [2.24, 2.45) is 0 Å². The smallest absolute Gasteiger partial charge is 0.289 e. The molecule has 0 unspecified atom stereocenters. The molecule has 20 heavy (non-hydrogen) atoms. The zero-order valence-corrected chi connectivity index (χ0v) is 12.9. The molecule has 0 saturated carbocycles. The molecule has 0 aromatic heterocycles. The van der Waals surface area contributed by atoms with E-state index < -0.39 is 10.1 Å². The molecule has 0 aliphatic rings. The highest BCUT2D eigenvalue weighted by Crippen LogP contribution is 2.19. The fourth-order valence-corrected chi connectivity index (χ4v) is 2.82. The van der Waals surface area contributed by atoms with Gasteiger partial charge in [-0.15, -0.1) is 0 Å². The Balaban J connectivity index is 2.42. The number of aryl methyl sites for hydroxylation is 1. The van der Waals surface area contributed by atoms with Gasteiger partial charge in [0.15, 0.2) is 5.78 Å². The minimum atomic E-state index is -4.26. The molecule has 0 saturated heterocycles. The molecule has 0 aliphatic carbocycles. The maximum atomic E-state index is 12.2. The van der Waals surface area contributed by atoms with E-state index in [-0.39, 0.29) is 10.7 Å². The van der Waals surface area contributed by atoms with Crippen molar-refractivity contribution in [3.05, 3.63) is 63.6 Å². The number of carbonyl (C=O) groups is 1. The number of ketones is 1. The maximum absolute atomic E-state index is 12.2. The number of hydrogen-bond donors (Lipinski definition) is 1. The summed E-state index contributed by atoms with van der Waals surface area (Å²) in [7, 11) is -4.26. The zero-order chi connectivity index (χ0) is 14.9. The number of rotatable bonds is 3. The second-order valence-electron chi connectivity index (χ2n) is 4.29. The number of benzene rings is 2. The van der Waals surface area contributed by atoms with Crippen molar-refractivity contribution in [1.82, 2.24) is 0 Å².